The van der Waals surface area contributed by atoms with Crippen LogP contribution in [0.15, 0.2) is 36.4 Å². The molecular weight excluding hydrogens is 356 g/mol. The molecule has 0 aliphatic carbocycles. The number of amides is 1. The first-order valence-electron chi connectivity index (χ1n) is 7.74. The molecule has 0 saturated heterocycles. The number of carbonyl (C=O) groups is 2. The van der Waals surface area contributed by atoms with Gasteiger partial charge in [0, 0.05) is 5.69 Å². The molecule has 1 amide bonds. The predicted molar refractivity (Wildman–Crippen MR) is 97.2 cm³/mol. The standard InChI is InChI=1S/C19H17ClN2O4/c1-12-3-4-13(2)17(7-12)25-11-19(24)26-10-18(23)22-15-6-5-14(9-21)16(20)8-15/h3-8H,10-11H2,1-2H3,(H,22,23). The van der Waals surface area contributed by atoms with Crippen LogP contribution < -0.4 is 10.1 Å². The van der Waals surface area contributed by atoms with Gasteiger partial charge in [-0.3, -0.25) is 4.79 Å². The number of nitrogens with one attached hydrogen (secondary N) is 1. The van der Waals surface area contributed by atoms with Gasteiger partial charge >= 0.3 is 5.97 Å². The number of carbonyl (C=O) groups excluding carboxylic acids is 2. The number of nitrogens with zero attached hydrogens (tertiary/aromatic N) is 1. The summed E-state index contributed by atoms with van der Waals surface area (Å²) in [6.07, 6.45) is 0. The van der Waals surface area contributed by atoms with Gasteiger partial charge < -0.3 is 14.8 Å². The minimum absolute atomic E-state index is 0.226. The van der Waals surface area contributed by atoms with E-state index in [-0.39, 0.29) is 11.6 Å². The van der Waals surface area contributed by atoms with E-state index >= 15 is 0 Å². The second kappa shape index (κ2) is 8.88. The first-order chi connectivity index (χ1) is 12.4. The zero-order valence-corrected chi connectivity index (χ0v) is 15.1. The van der Waals surface area contributed by atoms with Crippen LogP contribution in [0.2, 0.25) is 5.02 Å². The fourth-order valence-electron chi connectivity index (χ4n) is 2.07. The lowest BCUT2D eigenvalue weighted by Gasteiger charge is -2.10. The van der Waals surface area contributed by atoms with E-state index in [9.17, 15) is 9.59 Å². The zero-order chi connectivity index (χ0) is 19.1. The van der Waals surface area contributed by atoms with E-state index in [2.05, 4.69) is 5.32 Å². The van der Waals surface area contributed by atoms with Gasteiger partial charge in [0.05, 0.1) is 10.6 Å². The Morgan fingerprint density at radius 1 is 1.15 bits per heavy atom. The molecule has 0 saturated carbocycles. The Morgan fingerprint density at radius 2 is 1.92 bits per heavy atom. The summed E-state index contributed by atoms with van der Waals surface area (Å²) in [4.78, 5) is 23.5. The lowest BCUT2D eigenvalue weighted by atomic mass is 10.1. The van der Waals surface area contributed by atoms with Crippen LogP contribution in [0.5, 0.6) is 5.75 Å². The fraction of sp³-hybridized carbons (Fsp3) is 0.211. The van der Waals surface area contributed by atoms with E-state index in [1.54, 1.807) is 0 Å². The third kappa shape index (κ3) is 5.50. The number of rotatable bonds is 6. The zero-order valence-electron chi connectivity index (χ0n) is 14.3. The fourth-order valence-corrected chi connectivity index (χ4v) is 2.29. The number of anilines is 1. The first kappa shape index (κ1) is 19.3. The minimum atomic E-state index is -0.654. The third-order valence-electron chi connectivity index (χ3n) is 3.43. The van der Waals surface area contributed by atoms with Gasteiger partial charge in [0.1, 0.15) is 11.8 Å². The Kier molecular flexibility index (Phi) is 6.59. The van der Waals surface area contributed by atoms with Gasteiger partial charge in [0.25, 0.3) is 5.91 Å². The molecule has 0 aromatic heterocycles. The number of halogens is 1. The largest absolute Gasteiger partial charge is 0.482 e. The van der Waals surface area contributed by atoms with Gasteiger partial charge in [-0.05, 0) is 49.2 Å². The molecular formula is C19H17ClN2O4. The van der Waals surface area contributed by atoms with Crippen LogP contribution in [-0.2, 0) is 14.3 Å². The van der Waals surface area contributed by atoms with Crippen molar-refractivity contribution in [1.29, 1.82) is 5.26 Å². The summed E-state index contributed by atoms with van der Waals surface area (Å²) >= 11 is 5.89. The van der Waals surface area contributed by atoms with Crippen molar-refractivity contribution < 1.29 is 19.1 Å². The van der Waals surface area contributed by atoms with Crippen molar-refractivity contribution >= 4 is 29.2 Å². The number of hydrogen-bond acceptors (Lipinski definition) is 5. The molecule has 2 aromatic carbocycles. The van der Waals surface area contributed by atoms with E-state index < -0.39 is 18.5 Å². The van der Waals surface area contributed by atoms with Gasteiger partial charge in [-0.25, -0.2) is 4.79 Å². The molecule has 2 aromatic rings. The highest BCUT2D eigenvalue weighted by atomic mass is 35.5. The summed E-state index contributed by atoms with van der Waals surface area (Å²) < 4.78 is 10.3. The van der Waals surface area contributed by atoms with E-state index in [1.165, 1.54) is 18.2 Å². The number of hydrogen-bond donors (Lipinski definition) is 1. The molecule has 134 valence electrons. The van der Waals surface area contributed by atoms with Gasteiger partial charge in [0.2, 0.25) is 0 Å². The maximum absolute atomic E-state index is 11.8. The molecule has 2 rings (SSSR count). The SMILES string of the molecule is Cc1ccc(C)c(OCC(=O)OCC(=O)Nc2ccc(C#N)c(Cl)c2)c1. The number of aryl methyl sites for hydroxylation is 2. The molecule has 0 radical (unpaired) electrons. The van der Waals surface area contributed by atoms with Crippen LogP contribution in [-0.4, -0.2) is 25.1 Å². The van der Waals surface area contributed by atoms with Crippen molar-refractivity contribution in [1.82, 2.24) is 0 Å². The van der Waals surface area contributed by atoms with E-state index in [4.69, 9.17) is 26.3 Å². The summed E-state index contributed by atoms with van der Waals surface area (Å²) in [5.74, 6) is -0.580. The summed E-state index contributed by atoms with van der Waals surface area (Å²) in [7, 11) is 0. The summed E-state index contributed by atoms with van der Waals surface area (Å²) in [6.45, 7) is 3.05. The quantitative estimate of drug-likeness (QED) is 0.785. The Morgan fingerprint density at radius 3 is 2.62 bits per heavy atom. The average Bonchev–Trinajstić information content (AvgIpc) is 2.61. The van der Waals surface area contributed by atoms with Crippen molar-refractivity contribution in [3.63, 3.8) is 0 Å². The molecule has 0 unspecified atom stereocenters. The molecule has 0 heterocycles. The summed E-state index contributed by atoms with van der Waals surface area (Å²) in [6, 6.07) is 12.1. The maximum Gasteiger partial charge on any atom is 0.344 e. The second-order valence-electron chi connectivity index (χ2n) is 5.57. The molecule has 0 bridgehead atoms. The van der Waals surface area contributed by atoms with E-state index in [0.717, 1.165) is 11.1 Å². The third-order valence-corrected chi connectivity index (χ3v) is 3.74. The van der Waals surface area contributed by atoms with Gasteiger partial charge in [-0.2, -0.15) is 5.26 Å². The van der Waals surface area contributed by atoms with Crippen molar-refractivity contribution in [2.75, 3.05) is 18.5 Å². The summed E-state index contributed by atoms with van der Waals surface area (Å²) in [5, 5.41) is 11.6. The molecule has 0 spiro atoms. The minimum Gasteiger partial charge on any atom is -0.482 e. The average molecular weight is 373 g/mol. The Labute approximate surface area is 156 Å². The molecule has 0 aliphatic heterocycles. The smallest absolute Gasteiger partial charge is 0.344 e. The molecule has 0 aliphatic rings. The molecule has 0 atom stereocenters. The highest BCUT2D eigenvalue weighted by molar-refractivity contribution is 6.32. The topological polar surface area (TPSA) is 88.4 Å². The van der Waals surface area contributed by atoms with Crippen LogP contribution in [0.1, 0.15) is 16.7 Å². The molecule has 26 heavy (non-hydrogen) atoms. The van der Waals surface area contributed by atoms with Crippen molar-refractivity contribution in [3.05, 3.63) is 58.1 Å². The molecule has 0 fully saturated rings. The monoisotopic (exact) mass is 372 g/mol. The van der Waals surface area contributed by atoms with Gasteiger partial charge in [-0.15, -0.1) is 0 Å². The number of benzene rings is 2. The Hall–Kier alpha value is -3.04. The van der Waals surface area contributed by atoms with Crippen molar-refractivity contribution in [2.45, 2.75) is 13.8 Å². The molecule has 6 nitrogen and oxygen atoms in total. The molecule has 7 heteroatoms. The number of esters is 1. The van der Waals surface area contributed by atoms with Crippen LogP contribution in [0, 0.1) is 25.2 Å². The number of ether oxygens (including phenoxy) is 2. The molecule has 1 N–H and O–H groups in total. The lowest BCUT2D eigenvalue weighted by molar-refractivity contribution is -0.149. The lowest BCUT2D eigenvalue weighted by Crippen LogP contribution is -2.23. The predicted octanol–water partition coefficient (Wildman–Crippen LogP) is 3.39. The van der Waals surface area contributed by atoms with Gasteiger partial charge in [-0.1, -0.05) is 23.7 Å². The van der Waals surface area contributed by atoms with Crippen molar-refractivity contribution in [2.24, 2.45) is 0 Å². The number of nitriles is 1. The maximum atomic E-state index is 11.8. The van der Waals surface area contributed by atoms with E-state index in [1.807, 2.05) is 38.1 Å². The van der Waals surface area contributed by atoms with Gasteiger partial charge in [0.15, 0.2) is 13.2 Å². The second-order valence-corrected chi connectivity index (χ2v) is 5.98. The van der Waals surface area contributed by atoms with Crippen LogP contribution in [0.25, 0.3) is 0 Å². The highest BCUT2D eigenvalue weighted by Crippen LogP contribution is 2.20. The Balaban J connectivity index is 1.80. The van der Waals surface area contributed by atoms with Crippen LogP contribution >= 0.6 is 11.6 Å². The van der Waals surface area contributed by atoms with Crippen molar-refractivity contribution in [3.8, 4) is 11.8 Å². The Bertz CT molecular complexity index is 874. The first-order valence-corrected chi connectivity index (χ1v) is 8.12. The van der Waals surface area contributed by atoms with Crippen LogP contribution in [0.4, 0.5) is 5.69 Å². The highest BCUT2D eigenvalue weighted by Gasteiger charge is 2.10. The van der Waals surface area contributed by atoms with Crippen LogP contribution in [0.3, 0.4) is 0 Å². The summed E-state index contributed by atoms with van der Waals surface area (Å²) in [5.41, 5.74) is 2.62. The normalized spacial score (nSPS) is 9.92. The van der Waals surface area contributed by atoms with E-state index in [0.29, 0.717) is 17.0 Å².